The molecule has 1 saturated carbocycles. The van der Waals surface area contributed by atoms with Gasteiger partial charge in [-0.25, -0.2) is 4.98 Å². The smallest absolute Gasteiger partial charge is 0.0925 e. The normalized spacial score (nSPS) is 35.1. The molecule has 3 aliphatic rings. The maximum absolute atomic E-state index is 5.89. The van der Waals surface area contributed by atoms with Crippen LogP contribution >= 0.6 is 0 Å². The highest BCUT2D eigenvalue weighted by molar-refractivity contribution is 5.16. The molecule has 0 bridgehead atoms. The predicted molar refractivity (Wildman–Crippen MR) is 71.9 cm³/mol. The number of imidazole rings is 1. The zero-order chi connectivity index (χ0) is 12.7. The Morgan fingerprint density at radius 3 is 3.42 bits per heavy atom. The summed E-state index contributed by atoms with van der Waals surface area (Å²) < 4.78 is 5.89. The highest BCUT2D eigenvalue weighted by atomic mass is 16.5. The van der Waals surface area contributed by atoms with Gasteiger partial charge in [-0.3, -0.25) is 4.90 Å². The first-order chi connectivity index (χ1) is 9.40. The van der Waals surface area contributed by atoms with Gasteiger partial charge in [0.25, 0.3) is 0 Å². The molecule has 0 aromatic carbocycles. The fourth-order valence-corrected chi connectivity index (χ4v) is 3.87. The number of morpholine rings is 1. The second-order valence-corrected chi connectivity index (χ2v) is 6.01. The highest BCUT2D eigenvalue weighted by Gasteiger charge is 2.37. The maximum Gasteiger partial charge on any atom is 0.0925 e. The molecule has 3 heterocycles. The van der Waals surface area contributed by atoms with Crippen molar-refractivity contribution in [3.63, 3.8) is 0 Å². The number of aromatic nitrogens is 2. The summed E-state index contributed by atoms with van der Waals surface area (Å²) in [5.41, 5.74) is 2.51. The average Bonchev–Trinajstić information content (AvgIpc) is 3.06. The van der Waals surface area contributed by atoms with Crippen molar-refractivity contribution in [1.29, 1.82) is 0 Å². The summed E-state index contributed by atoms with van der Waals surface area (Å²) in [6.07, 6.45) is 7.25. The van der Waals surface area contributed by atoms with Crippen LogP contribution in [0, 0.1) is 0 Å². The zero-order valence-corrected chi connectivity index (χ0v) is 11.3. The van der Waals surface area contributed by atoms with Gasteiger partial charge < -0.3 is 15.0 Å². The monoisotopic (exact) mass is 262 g/mol. The van der Waals surface area contributed by atoms with Crippen molar-refractivity contribution in [2.75, 3.05) is 19.7 Å². The Labute approximate surface area is 113 Å². The van der Waals surface area contributed by atoms with E-state index in [-0.39, 0.29) is 0 Å². The van der Waals surface area contributed by atoms with Gasteiger partial charge in [-0.05, 0) is 19.3 Å². The molecule has 1 aromatic rings. The minimum Gasteiger partial charge on any atom is -0.375 e. The van der Waals surface area contributed by atoms with Crippen molar-refractivity contribution >= 4 is 0 Å². The first-order valence-corrected chi connectivity index (χ1v) is 7.50. The molecule has 0 spiro atoms. The number of aromatic amines is 1. The topological polar surface area (TPSA) is 53.2 Å². The number of hydrogen-bond acceptors (Lipinski definition) is 4. The number of hydrogen-bond donors (Lipinski definition) is 2. The Hall–Kier alpha value is -0.910. The van der Waals surface area contributed by atoms with Gasteiger partial charge in [0.2, 0.25) is 0 Å². The summed E-state index contributed by atoms with van der Waals surface area (Å²) >= 11 is 0. The third kappa shape index (κ3) is 2.20. The standard InChI is InChI=1S/C14H22N4O/c1-2-13-14(3-1)19-5-4-18(13)8-10-6-11-12(7-15-10)17-9-16-11/h9-10,13-15H,1-8H2,(H,16,17). The minimum absolute atomic E-state index is 0.498. The maximum atomic E-state index is 5.89. The lowest BCUT2D eigenvalue weighted by atomic mass is 10.0. The summed E-state index contributed by atoms with van der Waals surface area (Å²) in [6, 6.07) is 1.20. The largest absolute Gasteiger partial charge is 0.375 e. The van der Waals surface area contributed by atoms with Crippen LogP contribution in [-0.4, -0.2) is 52.8 Å². The molecule has 3 unspecified atom stereocenters. The molecule has 104 valence electrons. The van der Waals surface area contributed by atoms with Gasteiger partial charge in [0.15, 0.2) is 0 Å². The van der Waals surface area contributed by atoms with E-state index in [0.29, 0.717) is 18.2 Å². The van der Waals surface area contributed by atoms with Crippen molar-refractivity contribution < 1.29 is 4.74 Å². The first kappa shape index (κ1) is 11.9. The van der Waals surface area contributed by atoms with Crippen LogP contribution in [0.3, 0.4) is 0 Å². The van der Waals surface area contributed by atoms with Gasteiger partial charge in [-0.2, -0.15) is 0 Å². The lowest BCUT2D eigenvalue weighted by Crippen LogP contribution is -2.54. The molecule has 2 N–H and O–H groups in total. The first-order valence-electron chi connectivity index (χ1n) is 7.50. The van der Waals surface area contributed by atoms with Crippen LogP contribution in [0.25, 0.3) is 0 Å². The Bertz CT molecular complexity index is 446. The zero-order valence-electron chi connectivity index (χ0n) is 11.3. The van der Waals surface area contributed by atoms with Crippen molar-refractivity contribution in [3.05, 3.63) is 17.7 Å². The molecular formula is C14H22N4O. The van der Waals surface area contributed by atoms with E-state index < -0.39 is 0 Å². The van der Waals surface area contributed by atoms with Crippen LogP contribution in [0.5, 0.6) is 0 Å². The molecule has 1 saturated heterocycles. The number of nitrogens with zero attached hydrogens (tertiary/aromatic N) is 2. The van der Waals surface area contributed by atoms with Crippen LogP contribution < -0.4 is 5.32 Å². The molecule has 5 nitrogen and oxygen atoms in total. The number of H-pyrrole nitrogens is 1. The van der Waals surface area contributed by atoms with Gasteiger partial charge >= 0.3 is 0 Å². The molecule has 2 fully saturated rings. The SMILES string of the molecule is c1nc2c([nH]1)CNC(CN1CCOC3CCCC31)C2. The number of rotatable bonds is 2. The fourth-order valence-electron chi connectivity index (χ4n) is 3.87. The lowest BCUT2D eigenvalue weighted by molar-refractivity contribution is -0.0583. The summed E-state index contributed by atoms with van der Waals surface area (Å²) in [5, 5.41) is 3.63. The van der Waals surface area contributed by atoms with Gasteiger partial charge in [0.05, 0.1) is 30.4 Å². The van der Waals surface area contributed by atoms with E-state index in [1.165, 1.54) is 30.7 Å². The molecule has 1 aromatic heterocycles. The predicted octanol–water partition coefficient (Wildman–Crippen LogP) is 0.677. The molecule has 3 atom stereocenters. The molecule has 0 amide bonds. The molecule has 0 radical (unpaired) electrons. The van der Waals surface area contributed by atoms with Gasteiger partial charge in [0, 0.05) is 38.1 Å². The van der Waals surface area contributed by atoms with Crippen LogP contribution in [0.2, 0.25) is 0 Å². The summed E-state index contributed by atoms with van der Waals surface area (Å²) in [7, 11) is 0. The molecule has 1 aliphatic carbocycles. The van der Waals surface area contributed by atoms with Gasteiger partial charge in [-0.1, -0.05) is 0 Å². The van der Waals surface area contributed by atoms with E-state index in [4.69, 9.17) is 4.74 Å². The van der Waals surface area contributed by atoms with Crippen LogP contribution in [0.1, 0.15) is 30.7 Å². The van der Waals surface area contributed by atoms with E-state index in [2.05, 4.69) is 20.2 Å². The molecule has 4 rings (SSSR count). The van der Waals surface area contributed by atoms with E-state index in [1.807, 2.05) is 6.33 Å². The van der Waals surface area contributed by atoms with Crippen molar-refractivity contribution in [2.24, 2.45) is 0 Å². The Morgan fingerprint density at radius 2 is 2.42 bits per heavy atom. The quantitative estimate of drug-likeness (QED) is 0.823. The van der Waals surface area contributed by atoms with Crippen LogP contribution in [-0.2, 0) is 17.7 Å². The molecular weight excluding hydrogens is 240 g/mol. The Kier molecular flexibility index (Phi) is 3.06. The van der Waals surface area contributed by atoms with Gasteiger partial charge in [-0.15, -0.1) is 0 Å². The van der Waals surface area contributed by atoms with Gasteiger partial charge in [0.1, 0.15) is 0 Å². The third-order valence-electron chi connectivity index (χ3n) is 4.87. The Morgan fingerprint density at radius 1 is 1.42 bits per heavy atom. The second kappa shape index (κ2) is 4.89. The van der Waals surface area contributed by atoms with Crippen LogP contribution in [0.4, 0.5) is 0 Å². The van der Waals surface area contributed by atoms with Crippen molar-refractivity contribution in [3.8, 4) is 0 Å². The average molecular weight is 262 g/mol. The van der Waals surface area contributed by atoms with E-state index >= 15 is 0 Å². The molecule has 2 aliphatic heterocycles. The third-order valence-corrected chi connectivity index (χ3v) is 4.87. The summed E-state index contributed by atoms with van der Waals surface area (Å²) in [4.78, 5) is 10.3. The highest BCUT2D eigenvalue weighted by Crippen LogP contribution is 2.30. The van der Waals surface area contributed by atoms with E-state index in [1.54, 1.807) is 0 Å². The van der Waals surface area contributed by atoms with Crippen molar-refractivity contribution in [2.45, 2.75) is 50.4 Å². The second-order valence-electron chi connectivity index (χ2n) is 6.01. The summed E-state index contributed by atoms with van der Waals surface area (Å²) in [5.74, 6) is 0. The number of nitrogens with one attached hydrogen (secondary N) is 2. The number of ether oxygens (including phenoxy) is 1. The Balaban J connectivity index is 1.41. The molecule has 19 heavy (non-hydrogen) atoms. The summed E-state index contributed by atoms with van der Waals surface area (Å²) in [6.45, 7) is 4.06. The van der Waals surface area contributed by atoms with E-state index in [0.717, 1.165) is 32.7 Å². The molecule has 5 heteroatoms. The fraction of sp³-hybridized carbons (Fsp3) is 0.786. The van der Waals surface area contributed by atoms with E-state index in [9.17, 15) is 0 Å². The van der Waals surface area contributed by atoms with Crippen molar-refractivity contribution in [1.82, 2.24) is 20.2 Å². The minimum atomic E-state index is 0.498. The number of fused-ring (bicyclic) bond motifs is 2. The lowest BCUT2D eigenvalue weighted by Gasteiger charge is -2.40. The van der Waals surface area contributed by atoms with Crippen LogP contribution in [0.15, 0.2) is 6.33 Å².